The zero-order valence-corrected chi connectivity index (χ0v) is 18.0. The maximum Gasteiger partial charge on any atom is 0.282 e. The van der Waals surface area contributed by atoms with Crippen molar-refractivity contribution in [1.82, 2.24) is 0 Å². The number of para-hydroxylation sites is 1. The van der Waals surface area contributed by atoms with Gasteiger partial charge in [0.05, 0.1) is 11.3 Å². The van der Waals surface area contributed by atoms with Crippen LogP contribution in [0.5, 0.6) is 0 Å². The summed E-state index contributed by atoms with van der Waals surface area (Å²) in [5.41, 5.74) is 7.72. The third kappa shape index (κ3) is 3.07. The summed E-state index contributed by atoms with van der Waals surface area (Å²) in [7, 11) is 0. The van der Waals surface area contributed by atoms with Crippen LogP contribution in [0.1, 0.15) is 27.8 Å². The Hall–Kier alpha value is -3.66. The molecule has 2 aliphatic heterocycles. The number of carbonyl (C=O) groups is 2. The molecule has 2 aliphatic rings. The highest BCUT2D eigenvalue weighted by atomic mass is 16.2. The maximum absolute atomic E-state index is 13.8. The second kappa shape index (κ2) is 7.24. The summed E-state index contributed by atoms with van der Waals surface area (Å²) in [5, 5.41) is 0. The van der Waals surface area contributed by atoms with Crippen molar-refractivity contribution >= 4 is 28.8 Å². The molecule has 0 N–H and O–H groups in total. The van der Waals surface area contributed by atoms with Gasteiger partial charge in [0.15, 0.2) is 0 Å². The minimum Gasteiger partial charge on any atom is -0.336 e. The van der Waals surface area contributed by atoms with Gasteiger partial charge < -0.3 is 4.90 Å². The molecule has 0 unspecified atom stereocenters. The van der Waals surface area contributed by atoms with Crippen LogP contribution < -0.4 is 9.80 Å². The molecule has 0 aromatic heterocycles. The van der Waals surface area contributed by atoms with Gasteiger partial charge in [0.25, 0.3) is 11.8 Å². The van der Waals surface area contributed by atoms with Gasteiger partial charge in [0, 0.05) is 12.2 Å². The topological polar surface area (TPSA) is 40.6 Å². The second-order valence-corrected chi connectivity index (χ2v) is 8.36. The van der Waals surface area contributed by atoms with Crippen LogP contribution in [0.3, 0.4) is 0 Å². The highest BCUT2D eigenvalue weighted by Crippen LogP contribution is 2.40. The molecule has 4 heteroatoms. The lowest BCUT2D eigenvalue weighted by atomic mass is 9.97. The molecule has 4 nitrogen and oxygen atoms in total. The van der Waals surface area contributed by atoms with Crippen molar-refractivity contribution in [2.45, 2.75) is 27.2 Å². The first-order chi connectivity index (χ1) is 15.0. The van der Waals surface area contributed by atoms with Crippen molar-refractivity contribution in [3.63, 3.8) is 0 Å². The van der Waals surface area contributed by atoms with Gasteiger partial charge >= 0.3 is 0 Å². The molecule has 5 rings (SSSR count). The first kappa shape index (κ1) is 19.3. The molecule has 154 valence electrons. The fourth-order valence-electron chi connectivity index (χ4n) is 4.68. The molecule has 2 heterocycles. The SMILES string of the molecule is Cc1cccc(N2C(=O)C(c3ccc(C)cc3C)=C(N3CCc4ccccc43)C2=O)c1. The average Bonchev–Trinajstić information content (AvgIpc) is 3.26. The van der Waals surface area contributed by atoms with E-state index in [2.05, 4.69) is 12.1 Å². The minimum atomic E-state index is -0.262. The van der Waals surface area contributed by atoms with E-state index >= 15 is 0 Å². The van der Waals surface area contributed by atoms with Crippen LogP contribution in [0.4, 0.5) is 11.4 Å². The number of hydrogen-bond donors (Lipinski definition) is 0. The normalized spacial score (nSPS) is 15.8. The van der Waals surface area contributed by atoms with Crippen LogP contribution in [-0.4, -0.2) is 18.4 Å². The third-order valence-electron chi connectivity index (χ3n) is 6.13. The number of fused-ring (bicyclic) bond motifs is 1. The lowest BCUT2D eigenvalue weighted by molar-refractivity contribution is -0.120. The van der Waals surface area contributed by atoms with E-state index in [0.717, 1.165) is 34.4 Å². The number of imide groups is 1. The molecule has 0 saturated carbocycles. The minimum absolute atomic E-state index is 0.262. The first-order valence-electron chi connectivity index (χ1n) is 10.6. The van der Waals surface area contributed by atoms with Gasteiger partial charge in [0.1, 0.15) is 5.70 Å². The number of amides is 2. The Balaban J connectivity index is 1.72. The quantitative estimate of drug-likeness (QED) is 0.575. The van der Waals surface area contributed by atoms with Crippen LogP contribution >= 0.6 is 0 Å². The summed E-state index contributed by atoms with van der Waals surface area (Å²) in [6.45, 7) is 6.68. The zero-order chi connectivity index (χ0) is 21.7. The van der Waals surface area contributed by atoms with E-state index in [1.54, 1.807) is 0 Å². The largest absolute Gasteiger partial charge is 0.336 e. The number of carbonyl (C=O) groups excluding carboxylic acids is 2. The van der Waals surface area contributed by atoms with Crippen LogP contribution in [0, 0.1) is 20.8 Å². The van der Waals surface area contributed by atoms with Gasteiger partial charge in [-0.05, 0) is 67.6 Å². The fraction of sp³-hybridized carbons (Fsp3) is 0.185. The number of rotatable bonds is 3. The molecule has 3 aromatic carbocycles. The van der Waals surface area contributed by atoms with Crippen LogP contribution in [0.2, 0.25) is 0 Å². The molecule has 0 fully saturated rings. The van der Waals surface area contributed by atoms with E-state index in [1.807, 2.05) is 80.3 Å². The smallest absolute Gasteiger partial charge is 0.282 e. The highest BCUT2D eigenvalue weighted by Gasteiger charge is 2.44. The Morgan fingerprint density at radius 2 is 1.55 bits per heavy atom. The standard InChI is InChI=1S/C27H24N2O2/c1-17-7-6-9-21(16-17)29-26(30)24(22-12-11-18(2)15-19(22)3)25(27(29)31)28-14-13-20-8-4-5-10-23(20)28/h4-12,15-16H,13-14H2,1-3H3. The zero-order valence-electron chi connectivity index (χ0n) is 18.0. The molecule has 0 bridgehead atoms. The van der Waals surface area contributed by atoms with E-state index in [-0.39, 0.29) is 11.8 Å². The first-order valence-corrected chi connectivity index (χ1v) is 10.6. The van der Waals surface area contributed by atoms with Crippen LogP contribution in [-0.2, 0) is 16.0 Å². The molecule has 0 atom stereocenters. The lowest BCUT2D eigenvalue weighted by Crippen LogP contribution is -2.34. The number of anilines is 2. The molecule has 0 spiro atoms. The van der Waals surface area contributed by atoms with E-state index in [1.165, 1.54) is 10.5 Å². The molecule has 3 aromatic rings. The monoisotopic (exact) mass is 408 g/mol. The van der Waals surface area contributed by atoms with Gasteiger partial charge in [-0.15, -0.1) is 0 Å². The Labute approximate surface area is 182 Å². The summed E-state index contributed by atoms with van der Waals surface area (Å²) >= 11 is 0. The molecule has 0 aliphatic carbocycles. The molecule has 31 heavy (non-hydrogen) atoms. The Morgan fingerprint density at radius 1 is 0.774 bits per heavy atom. The van der Waals surface area contributed by atoms with Gasteiger partial charge in [-0.2, -0.15) is 0 Å². The Bertz CT molecular complexity index is 1270. The predicted molar refractivity (Wildman–Crippen MR) is 124 cm³/mol. The fourth-order valence-corrected chi connectivity index (χ4v) is 4.68. The van der Waals surface area contributed by atoms with Gasteiger partial charge in [-0.1, -0.05) is 54.1 Å². The summed E-state index contributed by atoms with van der Waals surface area (Å²) in [4.78, 5) is 30.9. The summed E-state index contributed by atoms with van der Waals surface area (Å²) < 4.78 is 0. The molecular weight excluding hydrogens is 384 g/mol. The summed E-state index contributed by atoms with van der Waals surface area (Å²) in [5.74, 6) is -0.524. The molecule has 0 saturated heterocycles. The molecular formula is C27H24N2O2. The molecule has 2 amide bonds. The predicted octanol–water partition coefficient (Wildman–Crippen LogP) is 4.96. The highest BCUT2D eigenvalue weighted by molar-refractivity contribution is 6.46. The van der Waals surface area contributed by atoms with Crippen molar-refractivity contribution in [3.8, 4) is 0 Å². The third-order valence-corrected chi connectivity index (χ3v) is 6.13. The van der Waals surface area contributed by atoms with Crippen LogP contribution in [0.15, 0.2) is 72.4 Å². The van der Waals surface area contributed by atoms with Gasteiger partial charge in [-0.25, -0.2) is 4.90 Å². The van der Waals surface area contributed by atoms with Gasteiger partial charge in [0.2, 0.25) is 0 Å². The van der Waals surface area contributed by atoms with Crippen molar-refractivity contribution in [2.24, 2.45) is 0 Å². The van der Waals surface area contributed by atoms with Crippen molar-refractivity contribution in [3.05, 3.63) is 100 Å². The Kier molecular flexibility index (Phi) is 4.51. The maximum atomic E-state index is 13.8. The van der Waals surface area contributed by atoms with Gasteiger partial charge in [-0.3, -0.25) is 9.59 Å². The number of hydrogen-bond acceptors (Lipinski definition) is 3. The van der Waals surface area contributed by atoms with E-state index in [0.29, 0.717) is 23.5 Å². The number of benzene rings is 3. The van der Waals surface area contributed by atoms with Crippen molar-refractivity contribution in [1.29, 1.82) is 0 Å². The van der Waals surface area contributed by atoms with E-state index in [4.69, 9.17) is 0 Å². The number of nitrogens with zero attached hydrogens (tertiary/aromatic N) is 2. The van der Waals surface area contributed by atoms with E-state index in [9.17, 15) is 9.59 Å². The molecule has 0 radical (unpaired) electrons. The second-order valence-electron chi connectivity index (χ2n) is 8.36. The number of aryl methyl sites for hydroxylation is 3. The summed E-state index contributed by atoms with van der Waals surface area (Å²) in [6.07, 6.45) is 0.853. The van der Waals surface area contributed by atoms with Crippen molar-refractivity contribution < 1.29 is 9.59 Å². The Morgan fingerprint density at radius 3 is 2.32 bits per heavy atom. The average molecular weight is 409 g/mol. The van der Waals surface area contributed by atoms with Crippen molar-refractivity contribution in [2.75, 3.05) is 16.3 Å². The summed E-state index contributed by atoms with van der Waals surface area (Å²) in [6, 6.07) is 21.7. The lowest BCUT2D eigenvalue weighted by Gasteiger charge is -2.22. The van der Waals surface area contributed by atoms with Crippen LogP contribution in [0.25, 0.3) is 5.57 Å². The van der Waals surface area contributed by atoms with E-state index < -0.39 is 0 Å².